The summed E-state index contributed by atoms with van der Waals surface area (Å²) >= 11 is 0. The molecule has 118 valence electrons. The molecule has 2 aliphatic heterocycles. The summed E-state index contributed by atoms with van der Waals surface area (Å²) in [5.41, 5.74) is 0. The van der Waals surface area contributed by atoms with Crippen LogP contribution in [0.1, 0.15) is 51.9 Å². The van der Waals surface area contributed by atoms with E-state index in [0.29, 0.717) is 18.8 Å². The number of unbranched alkanes of at least 4 members (excludes halogenated alkanes) is 5. The molecule has 2 fully saturated rings. The molecule has 0 aromatic carbocycles. The quantitative estimate of drug-likeness (QED) is 0.364. The minimum atomic E-state index is 0.226. The van der Waals surface area contributed by atoms with Crippen LogP contribution in [0, 0.1) is 0 Å². The third-order valence-corrected chi connectivity index (χ3v) is 3.81. The predicted molar refractivity (Wildman–Crippen MR) is 78.0 cm³/mol. The molecule has 3 atom stereocenters. The molecule has 2 heterocycles. The van der Waals surface area contributed by atoms with Gasteiger partial charge in [0.05, 0.1) is 39.1 Å². The molecule has 0 aliphatic carbocycles. The van der Waals surface area contributed by atoms with Crippen LogP contribution in [-0.4, -0.2) is 51.3 Å². The van der Waals surface area contributed by atoms with Crippen LogP contribution in [0.5, 0.6) is 0 Å². The van der Waals surface area contributed by atoms with Crippen molar-refractivity contribution in [1.82, 2.24) is 0 Å². The van der Waals surface area contributed by atoms with Crippen molar-refractivity contribution in [3.8, 4) is 0 Å². The maximum absolute atomic E-state index is 5.91. The van der Waals surface area contributed by atoms with Crippen molar-refractivity contribution < 1.29 is 18.9 Å². The van der Waals surface area contributed by atoms with E-state index in [1.54, 1.807) is 0 Å². The molecule has 20 heavy (non-hydrogen) atoms. The first-order valence-corrected chi connectivity index (χ1v) is 8.31. The number of epoxide rings is 2. The van der Waals surface area contributed by atoms with Crippen molar-refractivity contribution in [3.63, 3.8) is 0 Å². The SMILES string of the molecule is CCCCCCCCC(COCC1CO1)OCC1CO1. The molecule has 0 aromatic rings. The van der Waals surface area contributed by atoms with E-state index in [1.807, 2.05) is 0 Å². The molecule has 4 nitrogen and oxygen atoms in total. The number of hydrogen-bond donors (Lipinski definition) is 0. The van der Waals surface area contributed by atoms with Gasteiger partial charge in [-0.3, -0.25) is 0 Å². The van der Waals surface area contributed by atoms with Crippen molar-refractivity contribution in [2.24, 2.45) is 0 Å². The first-order chi connectivity index (χ1) is 9.88. The number of rotatable bonds is 14. The molecular weight excluding hydrogens is 256 g/mol. The average molecular weight is 286 g/mol. The highest BCUT2D eigenvalue weighted by molar-refractivity contribution is 4.71. The lowest BCUT2D eigenvalue weighted by Crippen LogP contribution is -2.23. The molecule has 0 amide bonds. The van der Waals surface area contributed by atoms with Crippen LogP contribution in [0.15, 0.2) is 0 Å². The maximum atomic E-state index is 5.91. The van der Waals surface area contributed by atoms with Gasteiger partial charge in [0, 0.05) is 0 Å². The van der Waals surface area contributed by atoms with Gasteiger partial charge >= 0.3 is 0 Å². The van der Waals surface area contributed by atoms with Gasteiger partial charge in [0.15, 0.2) is 0 Å². The Balaban J connectivity index is 1.49. The molecule has 2 saturated heterocycles. The van der Waals surface area contributed by atoms with Crippen molar-refractivity contribution in [3.05, 3.63) is 0 Å². The summed E-state index contributed by atoms with van der Waals surface area (Å²) in [6.07, 6.45) is 9.96. The standard InChI is InChI=1S/C16H30O4/c1-2-3-4-5-6-7-8-14(18-12-16-13-20-16)9-17-10-15-11-19-15/h14-16H,2-13H2,1H3. The van der Waals surface area contributed by atoms with Crippen LogP contribution in [0.2, 0.25) is 0 Å². The second kappa shape index (κ2) is 9.72. The topological polar surface area (TPSA) is 43.5 Å². The zero-order valence-corrected chi connectivity index (χ0v) is 12.9. The second-order valence-electron chi connectivity index (χ2n) is 5.96. The highest BCUT2D eigenvalue weighted by atomic mass is 16.6. The predicted octanol–water partition coefficient (Wildman–Crippen LogP) is 2.94. The van der Waals surface area contributed by atoms with Gasteiger partial charge in [-0.2, -0.15) is 0 Å². The lowest BCUT2D eigenvalue weighted by atomic mass is 10.1. The monoisotopic (exact) mass is 286 g/mol. The first-order valence-electron chi connectivity index (χ1n) is 8.31. The molecule has 0 spiro atoms. The second-order valence-corrected chi connectivity index (χ2v) is 5.96. The Kier molecular flexibility index (Phi) is 7.88. The summed E-state index contributed by atoms with van der Waals surface area (Å²) in [6, 6.07) is 0. The first kappa shape index (κ1) is 16.2. The van der Waals surface area contributed by atoms with Crippen LogP contribution in [0.25, 0.3) is 0 Å². The minimum Gasteiger partial charge on any atom is -0.376 e. The van der Waals surface area contributed by atoms with E-state index in [2.05, 4.69) is 6.92 Å². The molecule has 0 radical (unpaired) electrons. The van der Waals surface area contributed by atoms with Gasteiger partial charge in [0.1, 0.15) is 12.2 Å². The maximum Gasteiger partial charge on any atom is 0.104 e. The fraction of sp³-hybridized carbons (Fsp3) is 1.00. The van der Waals surface area contributed by atoms with Crippen molar-refractivity contribution in [2.45, 2.75) is 70.2 Å². The summed E-state index contributed by atoms with van der Waals surface area (Å²) in [5.74, 6) is 0. The highest BCUT2D eigenvalue weighted by Crippen LogP contribution is 2.15. The number of ether oxygens (including phenoxy) is 4. The largest absolute Gasteiger partial charge is 0.376 e. The minimum absolute atomic E-state index is 0.226. The Morgan fingerprint density at radius 1 is 0.950 bits per heavy atom. The molecule has 2 rings (SSSR count). The highest BCUT2D eigenvalue weighted by Gasteiger charge is 2.25. The zero-order valence-electron chi connectivity index (χ0n) is 12.9. The molecule has 2 aliphatic rings. The van der Waals surface area contributed by atoms with E-state index >= 15 is 0 Å². The summed E-state index contributed by atoms with van der Waals surface area (Å²) in [6.45, 7) is 6.12. The van der Waals surface area contributed by atoms with Crippen LogP contribution in [0.3, 0.4) is 0 Å². The van der Waals surface area contributed by atoms with Gasteiger partial charge in [0.2, 0.25) is 0 Å². The summed E-state index contributed by atoms with van der Waals surface area (Å²) in [5, 5.41) is 0. The third-order valence-electron chi connectivity index (χ3n) is 3.81. The molecule has 0 N–H and O–H groups in total. The Morgan fingerprint density at radius 2 is 1.60 bits per heavy atom. The van der Waals surface area contributed by atoms with Gasteiger partial charge in [-0.15, -0.1) is 0 Å². The lowest BCUT2D eigenvalue weighted by molar-refractivity contribution is -0.0288. The summed E-state index contributed by atoms with van der Waals surface area (Å²) in [7, 11) is 0. The van der Waals surface area contributed by atoms with E-state index in [9.17, 15) is 0 Å². The Labute approximate surface area is 123 Å². The van der Waals surface area contributed by atoms with Crippen LogP contribution in [0.4, 0.5) is 0 Å². The van der Waals surface area contributed by atoms with E-state index < -0.39 is 0 Å². The normalized spacial score (nSPS) is 25.6. The van der Waals surface area contributed by atoms with Crippen LogP contribution < -0.4 is 0 Å². The Morgan fingerprint density at radius 3 is 2.30 bits per heavy atom. The molecule has 3 unspecified atom stereocenters. The van der Waals surface area contributed by atoms with Gasteiger partial charge < -0.3 is 18.9 Å². The van der Waals surface area contributed by atoms with E-state index in [-0.39, 0.29) is 6.10 Å². The van der Waals surface area contributed by atoms with Crippen molar-refractivity contribution in [2.75, 3.05) is 33.0 Å². The van der Waals surface area contributed by atoms with Crippen LogP contribution in [-0.2, 0) is 18.9 Å². The Bertz CT molecular complexity index is 239. The third kappa shape index (κ3) is 8.20. The zero-order chi connectivity index (χ0) is 14.0. The van der Waals surface area contributed by atoms with Gasteiger partial charge in [-0.05, 0) is 6.42 Å². The smallest absolute Gasteiger partial charge is 0.104 e. The average Bonchev–Trinajstić information content (AvgIpc) is 3.33. The van der Waals surface area contributed by atoms with E-state index in [0.717, 1.165) is 32.8 Å². The molecular formula is C16H30O4. The van der Waals surface area contributed by atoms with Crippen molar-refractivity contribution in [1.29, 1.82) is 0 Å². The fourth-order valence-electron chi connectivity index (χ4n) is 2.27. The van der Waals surface area contributed by atoms with E-state index in [1.165, 1.54) is 38.5 Å². The fourth-order valence-corrected chi connectivity index (χ4v) is 2.27. The summed E-state index contributed by atoms with van der Waals surface area (Å²) in [4.78, 5) is 0. The molecule has 4 heteroatoms. The van der Waals surface area contributed by atoms with Crippen molar-refractivity contribution >= 4 is 0 Å². The van der Waals surface area contributed by atoms with Crippen LogP contribution >= 0.6 is 0 Å². The number of hydrogen-bond acceptors (Lipinski definition) is 4. The molecule has 0 bridgehead atoms. The van der Waals surface area contributed by atoms with E-state index in [4.69, 9.17) is 18.9 Å². The summed E-state index contributed by atoms with van der Waals surface area (Å²) < 4.78 is 21.9. The lowest BCUT2D eigenvalue weighted by Gasteiger charge is -2.17. The van der Waals surface area contributed by atoms with Gasteiger partial charge in [-0.1, -0.05) is 45.4 Å². The van der Waals surface area contributed by atoms with Gasteiger partial charge in [0.25, 0.3) is 0 Å². The molecule has 0 aromatic heterocycles. The van der Waals surface area contributed by atoms with Gasteiger partial charge in [-0.25, -0.2) is 0 Å². The molecule has 0 saturated carbocycles. The Hall–Kier alpha value is -0.160.